The monoisotopic (exact) mass is 584 g/mol. The molecule has 1 saturated heterocycles. The second-order valence-electron chi connectivity index (χ2n) is 10.1. The van der Waals surface area contributed by atoms with Gasteiger partial charge in [0.15, 0.2) is 5.17 Å². The maximum absolute atomic E-state index is 13.0. The summed E-state index contributed by atoms with van der Waals surface area (Å²) in [7, 11) is 0. The Kier molecular flexibility index (Phi) is 7.96. The van der Waals surface area contributed by atoms with Crippen LogP contribution in [0.4, 0.5) is 0 Å². The van der Waals surface area contributed by atoms with Gasteiger partial charge in [0.25, 0.3) is 5.91 Å². The average molecular weight is 585 g/mol. The normalized spacial score (nSPS) is 20.0. The highest BCUT2D eigenvalue weighted by atomic mass is 35.5. The lowest BCUT2D eigenvalue weighted by molar-refractivity contribution is -0.113. The van der Waals surface area contributed by atoms with Gasteiger partial charge in [-0.25, -0.2) is 4.68 Å². The van der Waals surface area contributed by atoms with E-state index in [1.54, 1.807) is 0 Å². The molecule has 1 fully saturated rings. The van der Waals surface area contributed by atoms with Gasteiger partial charge in [-0.3, -0.25) is 4.79 Å². The fraction of sp³-hybridized carbons (Fsp3) is 0.219. The van der Waals surface area contributed by atoms with Gasteiger partial charge in [0.05, 0.1) is 22.8 Å². The maximum atomic E-state index is 13.0. The van der Waals surface area contributed by atoms with Crippen molar-refractivity contribution >= 4 is 40.5 Å². The molecule has 6 rings (SSSR count). The van der Waals surface area contributed by atoms with Crippen molar-refractivity contribution in [3.63, 3.8) is 0 Å². The second kappa shape index (κ2) is 11.9. The van der Waals surface area contributed by atoms with Crippen LogP contribution in [0.5, 0.6) is 5.75 Å². The van der Waals surface area contributed by atoms with Gasteiger partial charge in [-0.15, -0.1) is 0 Å². The minimum absolute atomic E-state index is 0.0788. The molecule has 4 aromatic rings. The smallest absolute Gasteiger partial charge is 0.286 e. The number of carbonyl (C=O) groups excluding carboxylic acids is 1. The molecule has 0 bridgehead atoms. The summed E-state index contributed by atoms with van der Waals surface area (Å²) in [5.74, 6) is 0.480. The number of aliphatic imine (C=N–C) groups is 1. The zero-order chi connectivity index (χ0) is 28.3. The van der Waals surface area contributed by atoms with E-state index in [-0.39, 0.29) is 18.1 Å². The molecule has 2 unspecified atom stereocenters. The summed E-state index contributed by atoms with van der Waals surface area (Å²) in [6.45, 7) is 5.91. The number of thioether (sulfide) groups is 1. The van der Waals surface area contributed by atoms with Gasteiger partial charge in [0, 0.05) is 35.4 Å². The number of amidine groups is 1. The Labute approximate surface area is 248 Å². The van der Waals surface area contributed by atoms with Crippen molar-refractivity contribution in [3.05, 3.63) is 106 Å². The zero-order valence-corrected chi connectivity index (χ0v) is 24.3. The minimum Gasteiger partial charge on any atom is -0.489 e. The van der Waals surface area contributed by atoms with Gasteiger partial charge in [0.2, 0.25) is 0 Å². The summed E-state index contributed by atoms with van der Waals surface area (Å²) in [5, 5.41) is 6.34. The lowest BCUT2D eigenvalue weighted by atomic mass is 10.1. The molecule has 7 nitrogen and oxygen atoms in total. The van der Waals surface area contributed by atoms with Crippen molar-refractivity contribution in [1.29, 1.82) is 0 Å². The summed E-state index contributed by atoms with van der Waals surface area (Å²) in [6, 6.07) is 25.3. The molecule has 0 spiro atoms. The van der Waals surface area contributed by atoms with Gasteiger partial charge in [-0.05, 0) is 73.6 Å². The van der Waals surface area contributed by atoms with E-state index in [1.807, 2.05) is 110 Å². The third kappa shape index (κ3) is 6.40. The molecule has 208 valence electrons. The third-order valence-corrected chi connectivity index (χ3v) is 8.07. The van der Waals surface area contributed by atoms with Crippen LogP contribution in [0.15, 0.2) is 95.0 Å². The largest absolute Gasteiger partial charge is 0.489 e. The molecule has 3 heterocycles. The molecule has 9 heteroatoms. The quantitative estimate of drug-likeness (QED) is 0.231. The number of rotatable bonds is 6. The number of carbonyl (C=O) groups is 1. The van der Waals surface area contributed by atoms with E-state index >= 15 is 0 Å². The van der Waals surface area contributed by atoms with E-state index in [0.717, 1.165) is 39.0 Å². The Morgan fingerprint density at radius 1 is 1.02 bits per heavy atom. The van der Waals surface area contributed by atoms with Crippen LogP contribution < -0.4 is 4.74 Å². The Morgan fingerprint density at radius 2 is 1.78 bits per heavy atom. The van der Waals surface area contributed by atoms with E-state index in [0.29, 0.717) is 29.6 Å². The number of halogens is 1. The average Bonchev–Trinajstić information content (AvgIpc) is 3.56. The van der Waals surface area contributed by atoms with Crippen molar-refractivity contribution in [2.45, 2.75) is 32.7 Å². The van der Waals surface area contributed by atoms with Crippen LogP contribution in [-0.2, 0) is 16.1 Å². The number of nitrogens with zero attached hydrogens (tertiary/aromatic N) is 4. The molecule has 1 amide bonds. The highest BCUT2D eigenvalue weighted by Crippen LogP contribution is 2.35. The van der Waals surface area contributed by atoms with Crippen LogP contribution >= 0.6 is 23.4 Å². The first-order valence-corrected chi connectivity index (χ1v) is 14.7. The van der Waals surface area contributed by atoms with E-state index in [1.165, 1.54) is 11.8 Å². The van der Waals surface area contributed by atoms with Gasteiger partial charge >= 0.3 is 0 Å². The summed E-state index contributed by atoms with van der Waals surface area (Å²) in [6.07, 6.45) is 3.99. The van der Waals surface area contributed by atoms with Crippen molar-refractivity contribution in [2.75, 3.05) is 13.1 Å². The molecule has 0 radical (unpaired) electrons. The summed E-state index contributed by atoms with van der Waals surface area (Å²) < 4.78 is 13.8. The molecule has 1 aromatic heterocycles. The first kappa shape index (κ1) is 27.3. The SMILES string of the molecule is CC1CN(C2=NC(=O)/C(=C/c3cn(-c4ccccc4)nc3-c3cccc(OCc4ccc(Cl)cc4)c3)S2)CC(C)O1. The van der Waals surface area contributed by atoms with Crippen LogP contribution in [0.2, 0.25) is 5.02 Å². The van der Waals surface area contributed by atoms with Gasteiger partial charge in [0.1, 0.15) is 18.1 Å². The summed E-state index contributed by atoms with van der Waals surface area (Å²) >= 11 is 7.42. The van der Waals surface area contributed by atoms with Crippen molar-refractivity contribution in [2.24, 2.45) is 4.99 Å². The van der Waals surface area contributed by atoms with Crippen molar-refractivity contribution in [3.8, 4) is 22.7 Å². The lowest BCUT2D eigenvalue weighted by Crippen LogP contribution is -2.47. The minimum atomic E-state index is -0.241. The van der Waals surface area contributed by atoms with Crippen LogP contribution in [0.1, 0.15) is 25.0 Å². The molecule has 0 aliphatic carbocycles. The Morgan fingerprint density at radius 3 is 2.54 bits per heavy atom. The molecule has 41 heavy (non-hydrogen) atoms. The number of hydrogen-bond acceptors (Lipinski definition) is 6. The molecular formula is C32H29ClN4O3S. The number of ether oxygens (including phenoxy) is 2. The zero-order valence-electron chi connectivity index (χ0n) is 22.7. The highest BCUT2D eigenvalue weighted by molar-refractivity contribution is 8.18. The fourth-order valence-corrected chi connectivity index (χ4v) is 5.97. The number of amides is 1. The van der Waals surface area contributed by atoms with Gasteiger partial charge < -0.3 is 14.4 Å². The highest BCUT2D eigenvalue weighted by Gasteiger charge is 2.31. The topological polar surface area (TPSA) is 69.0 Å². The van der Waals surface area contributed by atoms with Crippen molar-refractivity contribution in [1.82, 2.24) is 14.7 Å². The van der Waals surface area contributed by atoms with Crippen LogP contribution in [0, 0.1) is 0 Å². The number of aromatic nitrogens is 2. The number of benzene rings is 3. The van der Waals surface area contributed by atoms with Crippen molar-refractivity contribution < 1.29 is 14.3 Å². The Balaban J connectivity index is 1.30. The number of hydrogen-bond donors (Lipinski definition) is 0. The lowest BCUT2D eigenvalue weighted by Gasteiger charge is -2.35. The molecule has 0 N–H and O–H groups in total. The first-order valence-electron chi connectivity index (χ1n) is 13.5. The molecule has 2 aliphatic heterocycles. The first-order chi connectivity index (χ1) is 19.9. The van der Waals surface area contributed by atoms with Crippen LogP contribution in [0.25, 0.3) is 23.0 Å². The molecule has 3 aromatic carbocycles. The van der Waals surface area contributed by atoms with Gasteiger partial charge in [-0.1, -0.05) is 54.1 Å². The molecule has 0 saturated carbocycles. The maximum Gasteiger partial charge on any atom is 0.286 e. The fourth-order valence-electron chi connectivity index (χ4n) is 4.92. The van der Waals surface area contributed by atoms with E-state index in [9.17, 15) is 4.79 Å². The van der Waals surface area contributed by atoms with E-state index in [2.05, 4.69) is 9.89 Å². The van der Waals surface area contributed by atoms with Gasteiger partial charge in [-0.2, -0.15) is 10.1 Å². The van der Waals surface area contributed by atoms with E-state index < -0.39 is 0 Å². The standard InChI is InChI=1S/C32H29ClN4O3S/c1-21-17-36(18-22(2)40-21)32-34-31(38)29(41-32)16-25-19-37(27-8-4-3-5-9-27)35-30(25)24-7-6-10-28(15-24)39-20-23-11-13-26(33)14-12-23/h3-16,19,21-22H,17-18,20H2,1-2H3/b29-16-. The Hall–Kier alpha value is -3.85. The second-order valence-corrected chi connectivity index (χ2v) is 11.6. The third-order valence-electron chi connectivity index (χ3n) is 6.78. The van der Waals surface area contributed by atoms with E-state index in [4.69, 9.17) is 26.2 Å². The predicted octanol–water partition coefficient (Wildman–Crippen LogP) is 6.85. The molecule has 2 aliphatic rings. The summed E-state index contributed by atoms with van der Waals surface area (Å²) in [4.78, 5) is 20.1. The molecule has 2 atom stereocenters. The summed E-state index contributed by atoms with van der Waals surface area (Å²) in [5.41, 5.74) is 4.39. The predicted molar refractivity (Wildman–Crippen MR) is 164 cm³/mol. The number of para-hydroxylation sites is 1. The Bertz CT molecular complexity index is 1610. The number of morpholine rings is 1. The molecular weight excluding hydrogens is 556 g/mol. The van der Waals surface area contributed by atoms with Crippen LogP contribution in [0.3, 0.4) is 0 Å². The van der Waals surface area contributed by atoms with Crippen LogP contribution in [-0.4, -0.2) is 51.1 Å².